The lowest BCUT2D eigenvalue weighted by molar-refractivity contribution is -0.146. The second-order valence-electron chi connectivity index (χ2n) is 6.54. The van der Waals surface area contributed by atoms with Crippen LogP contribution in [0, 0.1) is 0 Å². The van der Waals surface area contributed by atoms with Crippen LogP contribution in [0.3, 0.4) is 0 Å². The summed E-state index contributed by atoms with van der Waals surface area (Å²) in [5.74, 6) is -0.825. The van der Waals surface area contributed by atoms with E-state index in [1.165, 1.54) is 18.1 Å². The van der Waals surface area contributed by atoms with E-state index >= 15 is 0 Å². The average Bonchev–Trinajstić information content (AvgIpc) is 2.71. The number of aromatic amines is 1. The summed E-state index contributed by atoms with van der Waals surface area (Å²) in [5, 5.41) is 0.643. The fraction of sp³-hybridized carbons (Fsp3) is 0.190. The number of carbonyl (C=O) groups excluding carboxylic acids is 2. The van der Waals surface area contributed by atoms with Crippen LogP contribution in [-0.2, 0) is 22.5 Å². The highest BCUT2D eigenvalue weighted by Gasteiger charge is 2.36. The van der Waals surface area contributed by atoms with Gasteiger partial charge in [-0.25, -0.2) is 4.79 Å². The fourth-order valence-corrected chi connectivity index (χ4v) is 3.62. The van der Waals surface area contributed by atoms with Crippen molar-refractivity contribution in [2.75, 3.05) is 7.11 Å². The molecule has 2 aromatic carbocycles. The van der Waals surface area contributed by atoms with Gasteiger partial charge in [0.05, 0.1) is 12.7 Å². The Labute approximate surface area is 155 Å². The van der Waals surface area contributed by atoms with Gasteiger partial charge >= 0.3 is 5.97 Å². The van der Waals surface area contributed by atoms with E-state index < -0.39 is 12.0 Å². The van der Waals surface area contributed by atoms with Gasteiger partial charge < -0.3 is 14.6 Å². The summed E-state index contributed by atoms with van der Waals surface area (Å²) < 4.78 is 4.93. The predicted molar refractivity (Wildman–Crippen MR) is 100 cm³/mol. The first-order chi connectivity index (χ1) is 13.1. The molecule has 0 radical (unpaired) electrons. The van der Waals surface area contributed by atoms with E-state index in [1.807, 2.05) is 24.3 Å². The first-order valence-corrected chi connectivity index (χ1v) is 8.66. The summed E-state index contributed by atoms with van der Waals surface area (Å²) >= 11 is 0. The first kappa shape index (κ1) is 17.0. The van der Waals surface area contributed by atoms with E-state index in [0.29, 0.717) is 17.3 Å². The topological polar surface area (TPSA) is 79.5 Å². The van der Waals surface area contributed by atoms with Gasteiger partial charge in [-0.05, 0) is 17.2 Å². The number of aromatic nitrogens is 1. The number of methoxy groups -OCH3 is 1. The Bertz CT molecular complexity index is 1100. The van der Waals surface area contributed by atoms with Crippen molar-refractivity contribution in [2.24, 2.45) is 0 Å². The van der Waals surface area contributed by atoms with Gasteiger partial charge in [0.25, 0.3) is 5.91 Å². The zero-order valence-corrected chi connectivity index (χ0v) is 14.8. The van der Waals surface area contributed by atoms with Crippen LogP contribution in [-0.4, -0.2) is 34.9 Å². The molecule has 1 aliphatic heterocycles. The number of amides is 1. The molecule has 0 spiro atoms. The molecule has 2 heterocycles. The highest BCUT2D eigenvalue weighted by molar-refractivity contribution is 6.07. The molecule has 1 unspecified atom stereocenters. The van der Waals surface area contributed by atoms with Gasteiger partial charge in [0, 0.05) is 29.9 Å². The number of H-pyrrole nitrogens is 1. The van der Waals surface area contributed by atoms with Gasteiger partial charge in [-0.15, -0.1) is 0 Å². The van der Waals surface area contributed by atoms with Crippen LogP contribution in [0.25, 0.3) is 10.9 Å². The maximum atomic E-state index is 13.4. The molecule has 0 saturated heterocycles. The van der Waals surface area contributed by atoms with Crippen molar-refractivity contribution in [3.63, 3.8) is 0 Å². The number of hydrogen-bond acceptors (Lipinski definition) is 4. The molecule has 3 aromatic rings. The quantitative estimate of drug-likeness (QED) is 0.709. The number of para-hydroxylation sites is 1. The van der Waals surface area contributed by atoms with Crippen LogP contribution in [0.2, 0.25) is 0 Å². The molecule has 1 atom stereocenters. The zero-order chi connectivity index (χ0) is 19.0. The fourth-order valence-electron chi connectivity index (χ4n) is 3.62. The Morgan fingerprint density at radius 3 is 2.56 bits per heavy atom. The molecule has 0 bridgehead atoms. The second kappa shape index (κ2) is 6.72. The number of ether oxygens (including phenoxy) is 1. The summed E-state index contributed by atoms with van der Waals surface area (Å²) in [6.07, 6.45) is 0.385. The highest BCUT2D eigenvalue weighted by Crippen LogP contribution is 2.27. The standard InChI is InChI=1S/C21H18N2O4/c1-27-21(26)18-10-13-6-2-3-7-14(13)12-23(18)20(25)16-11-19(24)22-17-9-5-4-8-15(16)17/h2-9,11,18H,10,12H2,1H3,(H,22,24). The minimum atomic E-state index is -0.726. The van der Waals surface area contributed by atoms with Crippen LogP contribution in [0.1, 0.15) is 21.5 Å². The van der Waals surface area contributed by atoms with Crippen molar-refractivity contribution in [2.45, 2.75) is 19.0 Å². The number of nitrogens with one attached hydrogen (secondary N) is 1. The number of pyridine rings is 1. The van der Waals surface area contributed by atoms with E-state index in [4.69, 9.17) is 4.74 Å². The van der Waals surface area contributed by atoms with Crippen molar-refractivity contribution < 1.29 is 14.3 Å². The van der Waals surface area contributed by atoms with Gasteiger partial charge in [0.2, 0.25) is 5.56 Å². The van der Waals surface area contributed by atoms with E-state index in [-0.39, 0.29) is 23.6 Å². The van der Waals surface area contributed by atoms with Crippen LogP contribution >= 0.6 is 0 Å². The number of benzene rings is 2. The van der Waals surface area contributed by atoms with E-state index in [1.54, 1.807) is 24.3 Å². The van der Waals surface area contributed by atoms with Gasteiger partial charge in [0.1, 0.15) is 6.04 Å². The Balaban J connectivity index is 1.82. The molecular weight excluding hydrogens is 344 g/mol. The SMILES string of the molecule is COC(=O)C1Cc2ccccc2CN1C(=O)c1cc(=O)[nH]c2ccccc12. The molecule has 0 aliphatic carbocycles. The molecule has 1 aromatic heterocycles. The van der Waals surface area contributed by atoms with Crippen LogP contribution in [0.15, 0.2) is 59.4 Å². The second-order valence-corrected chi connectivity index (χ2v) is 6.54. The lowest BCUT2D eigenvalue weighted by Crippen LogP contribution is -2.49. The van der Waals surface area contributed by atoms with Gasteiger partial charge in [0.15, 0.2) is 0 Å². The zero-order valence-electron chi connectivity index (χ0n) is 14.8. The third-order valence-electron chi connectivity index (χ3n) is 4.96. The largest absolute Gasteiger partial charge is 0.467 e. The maximum absolute atomic E-state index is 13.4. The molecule has 6 heteroatoms. The molecule has 1 N–H and O–H groups in total. The summed E-state index contributed by atoms with van der Waals surface area (Å²) in [5.41, 5.74) is 2.51. The lowest BCUT2D eigenvalue weighted by atomic mass is 9.93. The van der Waals surface area contributed by atoms with E-state index in [9.17, 15) is 14.4 Å². The van der Waals surface area contributed by atoms with Gasteiger partial charge in [-0.3, -0.25) is 9.59 Å². The third-order valence-corrected chi connectivity index (χ3v) is 4.96. The Morgan fingerprint density at radius 1 is 1.07 bits per heavy atom. The highest BCUT2D eigenvalue weighted by atomic mass is 16.5. The van der Waals surface area contributed by atoms with Crippen molar-refractivity contribution >= 4 is 22.8 Å². The summed E-state index contributed by atoms with van der Waals surface area (Å²) in [6.45, 7) is 0.288. The number of esters is 1. The smallest absolute Gasteiger partial charge is 0.328 e. The monoisotopic (exact) mass is 362 g/mol. The number of fused-ring (bicyclic) bond motifs is 2. The summed E-state index contributed by atoms with van der Waals surface area (Å²) in [6, 6.07) is 15.4. The maximum Gasteiger partial charge on any atom is 0.328 e. The predicted octanol–water partition coefficient (Wildman–Crippen LogP) is 2.27. The van der Waals surface area contributed by atoms with Crippen LogP contribution in [0.5, 0.6) is 0 Å². The summed E-state index contributed by atoms with van der Waals surface area (Å²) in [7, 11) is 1.31. The molecule has 6 nitrogen and oxygen atoms in total. The minimum absolute atomic E-state index is 0.280. The molecule has 136 valence electrons. The number of rotatable bonds is 2. The number of nitrogens with zero attached hydrogens (tertiary/aromatic N) is 1. The first-order valence-electron chi connectivity index (χ1n) is 8.66. The minimum Gasteiger partial charge on any atom is -0.467 e. The van der Waals surface area contributed by atoms with Crippen molar-refractivity contribution in [3.8, 4) is 0 Å². The molecular formula is C21H18N2O4. The third kappa shape index (κ3) is 2.99. The number of carbonyl (C=O) groups is 2. The van der Waals surface area contributed by atoms with E-state index in [2.05, 4.69) is 4.98 Å². The molecule has 1 aliphatic rings. The van der Waals surface area contributed by atoms with Crippen molar-refractivity contribution in [1.82, 2.24) is 9.88 Å². The normalized spacial score (nSPS) is 16.0. The van der Waals surface area contributed by atoms with E-state index in [0.717, 1.165) is 11.1 Å². The summed E-state index contributed by atoms with van der Waals surface area (Å²) in [4.78, 5) is 42.0. The van der Waals surface area contributed by atoms with Crippen molar-refractivity contribution in [3.05, 3.63) is 81.6 Å². The average molecular weight is 362 g/mol. The van der Waals surface area contributed by atoms with Crippen LogP contribution in [0.4, 0.5) is 0 Å². The molecule has 1 amide bonds. The molecule has 27 heavy (non-hydrogen) atoms. The molecule has 0 saturated carbocycles. The Morgan fingerprint density at radius 2 is 1.78 bits per heavy atom. The Kier molecular flexibility index (Phi) is 4.24. The van der Waals surface area contributed by atoms with Gasteiger partial charge in [-0.2, -0.15) is 0 Å². The van der Waals surface area contributed by atoms with Crippen molar-refractivity contribution in [1.29, 1.82) is 0 Å². The number of hydrogen-bond donors (Lipinski definition) is 1. The molecule has 0 fully saturated rings. The van der Waals surface area contributed by atoms with Crippen LogP contribution < -0.4 is 5.56 Å². The van der Waals surface area contributed by atoms with Gasteiger partial charge in [-0.1, -0.05) is 42.5 Å². The lowest BCUT2D eigenvalue weighted by Gasteiger charge is -2.35. The Hall–Kier alpha value is -3.41. The molecule has 4 rings (SSSR count).